The summed E-state index contributed by atoms with van der Waals surface area (Å²) in [6.45, 7) is 0. The Morgan fingerprint density at radius 1 is 1.04 bits per heavy atom. The number of rotatable bonds is 2. The van der Waals surface area contributed by atoms with Crippen LogP contribution in [0.15, 0.2) is 54.1 Å². The van der Waals surface area contributed by atoms with E-state index in [-0.39, 0.29) is 16.9 Å². The lowest BCUT2D eigenvalue weighted by atomic mass is 10.1. The average molecular weight is 343 g/mol. The molecular weight excluding hydrogens is 332 g/mol. The van der Waals surface area contributed by atoms with Gasteiger partial charge < -0.3 is 5.11 Å². The SMILES string of the molecule is O=C1NC(=O)N(c2ccccc2)C(=O)/C1=C/c1cc(Cl)ccc1O. The Bertz CT molecular complexity index is 877. The molecule has 3 rings (SSSR count). The molecule has 6 nitrogen and oxygen atoms in total. The summed E-state index contributed by atoms with van der Waals surface area (Å²) in [7, 11) is 0. The van der Waals surface area contributed by atoms with Gasteiger partial charge in [0.15, 0.2) is 0 Å². The van der Waals surface area contributed by atoms with Crippen LogP contribution < -0.4 is 10.2 Å². The van der Waals surface area contributed by atoms with E-state index in [4.69, 9.17) is 11.6 Å². The van der Waals surface area contributed by atoms with E-state index in [2.05, 4.69) is 5.32 Å². The fourth-order valence-corrected chi connectivity index (χ4v) is 2.45. The predicted molar refractivity (Wildman–Crippen MR) is 88.6 cm³/mol. The van der Waals surface area contributed by atoms with Crippen molar-refractivity contribution in [1.82, 2.24) is 5.32 Å². The van der Waals surface area contributed by atoms with Crippen LogP contribution in [0.2, 0.25) is 5.02 Å². The average Bonchev–Trinajstić information content (AvgIpc) is 2.55. The summed E-state index contributed by atoms with van der Waals surface area (Å²) in [5, 5.41) is 12.3. The van der Waals surface area contributed by atoms with Crippen molar-refractivity contribution in [3.05, 3.63) is 64.7 Å². The van der Waals surface area contributed by atoms with Crippen LogP contribution in [0.4, 0.5) is 10.5 Å². The maximum Gasteiger partial charge on any atom is 0.335 e. The zero-order valence-corrected chi connectivity index (χ0v) is 12.9. The number of phenolic OH excluding ortho intramolecular Hbond substituents is 1. The second-order valence-corrected chi connectivity index (χ2v) is 5.43. The number of barbiturate groups is 1. The molecule has 24 heavy (non-hydrogen) atoms. The second kappa shape index (κ2) is 6.17. The lowest BCUT2D eigenvalue weighted by Gasteiger charge is -2.26. The highest BCUT2D eigenvalue weighted by Crippen LogP contribution is 2.26. The van der Waals surface area contributed by atoms with Gasteiger partial charge in [-0.2, -0.15) is 0 Å². The molecule has 7 heteroatoms. The highest BCUT2D eigenvalue weighted by Gasteiger charge is 2.36. The molecule has 0 radical (unpaired) electrons. The summed E-state index contributed by atoms with van der Waals surface area (Å²) >= 11 is 5.86. The van der Waals surface area contributed by atoms with Crippen molar-refractivity contribution in [2.24, 2.45) is 0 Å². The third kappa shape index (κ3) is 2.87. The molecule has 4 amide bonds. The smallest absolute Gasteiger partial charge is 0.335 e. The summed E-state index contributed by atoms with van der Waals surface area (Å²) in [6, 6.07) is 11.6. The molecule has 120 valence electrons. The van der Waals surface area contributed by atoms with E-state index in [0.29, 0.717) is 10.7 Å². The zero-order chi connectivity index (χ0) is 17.3. The second-order valence-electron chi connectivity index (χ2n) is 5.00. The molecule has 1 heterocycles. The van der Waals surface area contributed by atoms with E-state index in [1.807, 2.05) is 0 Å². The molecule has 0 bridgehead atoms. The van der Waals surface area contributed by atoms with Gasteiger partial charge in [-0.1, -0.05) is 29.8 Å². The molecule has 1 saturated heterocycles. The van der Waals surface area contributed by atoms with Gasteiger partial charge in [0.1, 0.15) is 11.3 Å². The predicted octanol–water partition coefficient (Wildman–Crippen LogP) is 2.71. The first-order valence-electron chi connectivity index (χ1n) is 6.92. The van der Waals surface area contributed by atoms with Crippen molar-refractivity contribution in [3.63, 3.8) is 0 Å². The molecule has 2 N–H and O–H groups in total. The van der Waals surface area contributed by atoms with Gasteiger partial charge in [-0.05, 0) is 36.4 Å². The van der Waals surface area contributed by atoms with Crippen molar-refractivity contribution in [2.75, 3.05) is 4.90 Å². The highest BCUT2D eigenvalue weighted by molar-refractivity contribution is 6.39. The van der Waals surface area contributed by atoms with Crippen LogP contribution in [0.25, 0.3) is 6.08 Å². The molecule has 2 aromatic rings. The molecule has 0 unspecified atom stereocenters. The minimum absolute atomic E-state index is 0.143. The van der Waals surface area contributed by atoms with Crippen molar-refractivity contribution in [3.8, 4) is 5.75 Å². The summed E-state index contributed by atoms with van der Waals surface area (Å²) in [5.41, 5.74) is 0.244. The van der Waals surface area contributed by atoms with Gasteiger partial charge in [0.25, 0.3) is 11.8 Å². The Hall–Kier alpha value is -3.12. The molecule has 0 atom stereocenters. The number of urea groups is 1. The van der Waals surface area contributed by atoms with E-state index in [1.54, 1.807) is 30.3 Å². The Labute approximate surface area is 142 Å². The van der Waals surface area contributed by atoms with Crippen LogP contribution in [0.5, 0.6) is 5.75 Å². The third-order valence-electron chi connectivity index (χ3n) is 3.41. The Kier molecular flexibility index (Phi) is 4.05. The van der Waals surface area contributed by atoms with Crippen LogP contribution in [-0.2, 0) is 9.59 Å². The number of amides is 4. The highest BCUT2D eigenvalue weighted by atomic mass is 35.5. The Morgan fingerprint density at radius 3 is 2.46 bits per heavy atom. The van der Waals surface area contributed by atoms with Crippen LogP contribution in [0, 0.1) is 0 Å². The van der Waals surface area contributed by atoms with Gasteiger partial charge in [0.05, 0.1) is 5.69 Å². The lowest BCUT2D eigenvalue weighted by Crippen LogP contribution is -2.54. The first-order valence-corrected chi connectivity index (χ1v) is 7.30. The largest absolute Gasteiger partial charge is 0.507 e. The first kappa shape index (κ1) is 15.8. The van der Waals surface area contributed by atoms with Crippen molar-refractivity contribution in [1.29, 1.82) is 0 Å². The van der Waals surface area contributed by atoms with Crippen LogP contribution in [-0.4, -0.2) is 23.0 Å². The van der Waals surface area contributed by atoms with Crippen LogP contribution >= 0.6 is 11.6 Å². The maximum absolute atomic E-state index is 12.6. The number of carbonyl (C=O) groups is 3. The molecule has 1 fully saturated rings. The number of aromatic hydroxyl groups is 1. The van der Waals surface area contributed by atoms with Gasteiger partial charge in [0.2, 0.25) is 0 Å². The quantitative estimate of drug-likeness (QED) is 0.649. The molecule has 1 aliphatic heterocycles. The van der Waals surface area contributed by atoms with Gasteiger partial charge in [0, 0.05) is 10.6 Å². The Balaban J connectivity index is 2.06. The normalized spacial score (nSPS) is 16.5. The van der Waals surface area contributed by atoms with E-state index >= 15 is 0 Å². The number of para-hydroxylation sites is 1. The van der Waals surface area contributed by atoms with Gasteiger partial charge in [-0.3, -0.25) is 14.9 Å². The maximum atomic E-state index is 12.6. The number of hydrogen-bond acceptors (Lipinski definition) is 4. The first-order chi connectivity index (χ1) is 11.5. The monoisotopic (exact) mass is 342 g/mol. The number of imide groups is 2. The molecule has 0 aliphatic carbocycles. The van der Waals surface area contributed by atoms with E-state index < -0.39 is 17.8 Å². The van der Waals surface area contributed by atoms with Crippen molar-refractivity contribution >= 4 is 41.2 Å². The lowest BCUT2D eigenvalue weighted by molar-refractivity contribution is -0.122. The number of anilines is 1. The topological polar surface area (TPSA) is 86.7 Å². The fraction of sp³-hybridized carbons (Fsp3) is 0. The molecule has 0 spiro atoms. The fourth-order valence-electron chi connectivity index (χ4n) is 2.27. The number of phenols is 1. The number of hydrogen-bond donors (Lipinski definition) is 2. The van der Waals surface area contributed by atoms with Crippen molar-refractivity contribution in [2.45, 2.75) is 0 Å². The van der Waals surface area contributed by atoms with Crippen LogP contribution in [0.3, 0.4) is 0 Å². The van der Waals surface area contributed by atoms with Crippen LogP contribution in [0.1, 0.15) is 5.56 Å². The Morgan fingerprint density at radius 2 is 1.75 bits per heavy atom. The van der Waals surface area contributed by atoms with Gasteiger partial charge in [-0.25, -0.2) is 9.69 Å². The summed E-state index contributed by atoms with van der Waals surface area (Å²) in [6.07, 6.45) is 1.20. The number of carbonyl (C=O) groups excluding carboxylic acids is 3. The van der Waals surface area contributed by atoms with Crippen molar-refractivity contribution < 1.29 is 19.5 Å². The molecule has 0 aromatic heterocycles. The zero-order valence-electron chi connectivity index (χ0n) is 12.2. The number of halogens is 1. The minimum atomic E-state index is -0.837. The summed E-state index contributed by atoms with van der Waals surface area (Å²) < 4.78 is 0. The number of benzene rings is 2. The van der Waals surface area contributed by atoms with E-state index in [1.165, 1.54) is 24.3 Å². The summed E-state index contributed by atoms with van der Waals surface area (Å²) in [4.78, 5) is 37.5. The molecule has 0 saturated carbocycles. The molecule has 1 aliphatic rings. The summed E-state index contributed by atoms with van der Waals surface area (Å²) in [5.74, 6) is -1.76. The molecule has 2 aromatic carbocycles. The van der Waals surface area contributed by atoms with Gasteiger partial charge in [-0.15, -0.1) is 0 Å². The number of nitrogens with one attached hydrogen (secondary N) is 1. The van der Waals surface area contributed by atoms with E-state index in [0.717, 1.165) is 4.90 Å². The standard InChI is InChI=1S/C17H11ClN2O4/c18-11-6-7-14(21)10(8-11)9-13-15(22)19-17(24)20(16(13)23)12-4-2-1-3-5-12/h1-9,21H,(H,19,22,24)/b13-9+. The third-order valence-corrected chi connectivity index (χ3v) is 3.64. The van der Waals surface area contributed by atoms with E-state index in [9.17, 15) is 19.5 Å². The number of nitrogens with zero attached hydrogens (tertiary/aromatic N) is 1. The molecular formula is C17H11ClN2O4. The van der Waals surface area contributed by atoms with Gasteiger partial charge >= 0.3 is 6.03 Å². The minimum Gasteiger partial charge on any atom is -0.507 e.